The van der Waals surface area contributed by atoms with Gasteiger partial charge in [0.15, 0.2) is 0 Å². The van der Waals surface area contributed by atoms with Crippen molar-refractivity contribution in [3.8, 4) is 0 Å². The van der Waals surface area contributed by atoms with Gasteiger partial charge in [0, 0.05) is 19.3 Å². The van der Waals surface area contributed by atoms with Gasteiger partial charge in [-0.05, 0) is 25.0 Å². The Morgan fingerprint density at radius 3 is 2.83 bits per heavy atom. The van der Waals surface area contributed by atoms with Gasteiger partial charge in [-0.1, -0.05) is 0 Å². The van der Waals surface area contributed by atoms with Crippen LogP contribution in [0.15, 0.2) is 18.3 Å². The molecule has 2 N–H and O–H groups in total. The fraction of sp³-hybridized carbons (Fsp3) is 0.417. The maximum atomic E-state index is 12.7. The van der Waals surface area contributed by atoms with Crippen LogP contribution in [0.4, 0.5) is 4.39 Å². The molecule has 2 heterocycles. The van der Waals surface area contributed by atoms with Crippen LogP contribution in [-0.4, -0.2) is 34.8 Å². The van der Waals surface area contributed by atoms with E-state index in [9.17, 15) is 14.0 Å². The first-order valence-electron chi connectivity index (χ1n) is 5.78. The van der Waals surface area contributed by atoms with Crippen molar-refractivity contribution < 1.29 is 14.0 Å². The molecule has 1 atom stereocenters. The second kappa shape index (κ2) is 5.12. The van der Waals surface area contributed by atoms with Crippen LogP contribution < -0.4 is 5.73 Å². The third-order valence-electron chi connectivity index (χ3n) is 3.09. The number of carbonyl (C=O) groups is 2. The van der Waals surface area contributed by atoms with E-state index in [-0.39, 0.29) is 17.7 Å². The third-order valence-corrected chi connectivity index (χ3v) is 3.09. The van der Waals surface area contributed by atoms with E-state index in [1.165, 1.54) is 12.3 Å². The Hall–Kier alpha value is -1.98. The van der Waals surface area contributed by atoms with Gasteiger partial charge < -0.3 is 10.6 Å². The lowest BCUT2D eigenvalue weighted by Gasteiger charge is -2.31. The third kappa shape index (κ3) is 2.64. The first-order chi connectivity index (χ1) is 8.58. The van der Waals surface area contributed by atoms with Gasteiger partial charge in [0.05, 0.1) is 11.5 Å². The molecule has 18 heavy (non-hydrogen) atoms. The van der Waals surface area contributed by atoms with E-state index in [1.54, 1.807) is 4.90 Å². The highest BCUT2D eigenvalue weighted by Crippen LogP contribution is 2.18. The fourth-order valence-electron chi connectivity index (χ4n) is 2.08. The highest BCUT2D eigenvalue weighted by atomic mass is 19.1. The molecule has 6 heteroatoms. The summed E-state index contributed by atoms with van der Waals surface area (Å²) in [5, 5.41) is 0. The Bertz CT molecular complexity index is 461. The van der Waals surface area contributed by atoms with Gasteiger partial charge in [-0.2, -0.15) is 4.39 Å². The molecule has 2 rings (SSSR count). The summed E-state index contributed by atoms with van der Waals surface area (Å²) in [5.41, 5.74) is 5.57. The average Bonchev–Trinajstić information content (AvgIpc) is 2.39. The molecule has 0 radical (unpaired) electrons. The minimum absolute atomic E-state index is 0.242. The van der Waals surface area contributed by atoms with E-state index < -0.39 is 5.95 Å². The molecule has 0 bridgehead atoms. The lowest BCUT2D eigenvalue weighted by Crippen LogP contribution is -2.44. The minimum atomic E-state index is -0.625. The summed E-state index contributed by atoms with van der Waals surface area (Å²) in [5.74, 6) is -1.55. The zero-order valence-corrected chi connectivity index (χ0v) is 9.80. The van der Waals surface area contributed by atoms with Gasteiger partial charge in [-0.3, -0.25) is 9.59 Å². The SMILES string of the molecule is NC(=O)C1CCCN(C(=O)c2ccc(F)nc2)C1. The number of carbonyl (C=O) groups excluding carboxylic acids is 2. The van der Waals surface area contributed by atoms with Gasteiger partial charge in [0.25, 0.3) is 5.91 Å². The number of halogens is 1. The zero-order valence-electron chi connectivity index (χ0n) is 9.80. The van der Waals surface area contributed by atoms with Crippen LogP contribution in [0.1, 0.15) is 23.2 Å². The summed E-state index contributed by atoms with van der Waals surface area (Å²) < 4.78 is 12.7. The van der Waals surface area contributed by atoms with Crippen LogP contribution >= 0.6 is 0 Å². The van der Waals surface area contributed by atoms with E-state index in [1.807, 2.05) is 0 Å². The number of amides is 2. The van der Waals surface area contributed by atoms with Crippen LogP contribution in [0.5, 0.6) is 0 Å². The number of pyridine rings is 1. The molecule has 2 amide bonds. The van der Waals surface area contributed by atoms with Crippen molar-refractivity contribution in [1.29, 1.82) is 0 Å². The molecule has 0 aromatic carbocycles. The Kier molecular flexibility index (Phi) is 3.55. The quantitative estimate of drug-likeness (QED) is 0.780. The average molecular weight is 251 g/mol. The molecule has 1 aromatic rings. The predicted octanol–water partition coefficient (Wildman–Crippen LogP) is 0.558. The van der Waals surface area contributed by atoms with E-state index >= 15 is 0 Å². The number of nitrogens with zero attached hydrogens (tertiary/aromatic N) is 2. The summed E-state index contributed by atoms with van der Waals surface area (Å²) in [6, 6.07) is 2.53. The molecular formula is C12H14FN3O2. The molecular weight excluding hydrogens is 237 g/mol. The minimum Gasteiger partial charge on any atom is -0.369 e. The summed E-state index contributed by atoms with van der Waals surface area (Å²) >= 11 is 0. The second-order valence-electron chi connectivity index (χ2n) is 4.36. The monoisotopic (exact) mass is 251 g/mol. The molecule has 1 aliphatic rings. The van der Waals surface area contributed by atoms with Crippen LogP contribution in [0, 0.1) is 11.9 Å². The van der Waals surface area contributed by atoms with Gasteiger partial charge in [-0.15, -0.1) is 0 Å². The number of aromatic nitrogens is 1. The normalized spacial score (nSPS) is 19.6. The van der Waals surface area contributed by atoms with E-state index in [2.05, 4.69) is 4.98 Å². The Labute approximate surface area is 104 Å². The van der Waals surface area contributed by atoms with Crippen molar-refractivity contribution in [2.45, 2.75) is 12.8 Å². The van der Waals surface area contributed by atoms with Crippen LogP contribution in [0.3, 0.4) is 0 Å². The molecule has 1 fully saturated rings. The number of hydrogen-bond acceptors (Lipinski definition) is 3. The van der Waals surface area contributed by atoms with Crippen molar-refractivity contribution in [1.82, 2.24) is 9.88 Å². The predicted molar refractivity (Wildman–Crippen MR) is 62.0 cm³/mol. The lowest BCUT2D eigenvalue weighted by molar-refractivity contribution is -0.123. The maximum absolute atomic E-state index is 12.7. The van der Waals surface area contributed by atoms with Crippen molar-refractivity contribution in [3.63, 3.8) is 0 Å². The van der Waals surface area contributed by atoms with Crippen molar-refractivity contribution in [3.05, 3.63) is 29.8 Å². The Morgan fingerprint density at radius 2 is 2.22 bits per heavy atom. The summed E-state index contributed by atoms with van der Waals surface area (Å²) in [6.45, 7) is 0.908. The van der Waals surface area contributed by atoms with E-state index in [0.29, 0.717) is 25.1 Å². The molecule has 1 aliphatic heterocycles. The summed E-state index contributed by atoms with van der Waals surface area (Å²) in [6.07, 6.45) is 2.65. The number of hydrogen-bond donors (Lipinski definition) is 1. The molecule has 0 spiro atoms. The lowest BCUT2D eigenvalue weighted by atomic mass is 9.97. The molecule has 96 valence electrons. The molecule has 1 aromatic heterocycles. The van der Waals surface area contributed by atoms with Crippen LogP contribution in [0.2, 0.25) is 0 Å². The zero-order chi connectivity index (χ0) is 13.1. The van der Waals surface area contributed by atoms with Crippen LogP contribution in [0.25, 0.3) is 0 Å². The highest BCUT2D eigenvalue weighted by Gasteiger charge is 2.27. The number of nitrogens with two attached hydrogens (primary N) is 1. The molecule has 1 unspecified atom stereocenters. The Balaban J connectivity index is 2.09. The molecule has 0 saturated carbocycles. The standard InChI is InChI=1S/C12H14FN3O2/c13-10-4-3-8(6-15-10)12(18)16-5-1-2-9(7-16)11(14)17/h3-4,6,9H,1-2,5,7H2,(H2,14,17). The fourth-order valence-corrected chi connectivity index (χ4v) is 2.08. The second-order valence-corrected chi connectivity index (χ2v) is 4.36. The molecule has 1 saturated heterocycles. The first kappa shape index (κ1) is 12.5. The van der Waals surface area contributed by atoms with Gasteiger partial charge in [0.2, 0.25) is 11.9 Å². The number of likely N-dealkylation sites (tertiary alicyclic amines) is 1. The van der Waals surface area contributed by atoms with Crippen molar-refractivity contribution in [2.75, 3.05) is 13.1 Å². The number of rotatable bonds is 2. The van der Waals surface area contributed by atoms with Gasteiger partial charge in [-0.25, -0.2) is 4.98 Å². The Morgan fingerprint density at radius 1 is 1.44 bits per heavy atom. The first-order valence-corrected chi connectivity index (χ1v) is 5.78. The topological polar surface area (TPSA) is 76.3 Å². The smallest absolute Gasteiger partial charge is 0.255 e. The van der Waals surface area contributed by atoms with E-state index in [0.717, 1.165) is 12.5 Å². The summed E-state index contributed by atoms with van der Waals surface area (Å²) in [4.78, 5) is 28.2. The van der Waals surface area contributed by atoms with Gasteiger partial charge >= 0.3 is 0 Å². The number of piperidine rings is 1. The van der Waals surface area contributed by atoms with Crippen LogP contribution in [-0.2, 0) is 4.79 Å². The van der Waals surface area contributed by atoms with Crippen molar-refractivity contribution >= 4 is 11.8 Å². The van der Waals surface area contributed by atoms with Crippen molar-refractivity contribution in [2.24, 2.45) is 11.7 Å². The highest BCUT2D eigenvalue weighted by molar-refractivity contribution is 5.94. The number of primary amides is 1. The van der Waals surface area contributed by atoms with Gasteiger partial charge in [0.1, 0.15) is 0 Å². The largest absolute Gasteiger partial charge is 0.369 e. The molecule has 5 nitrogen and oxygen atoms in total. The maximum Gasteiger partial charge on any atom is 0.255 e. The van der Waals surface area contributed by atoms with E-state index in [4.69, 9.17) is 5.73 Å². The molecule has 0 aliphatic carbocycles. The summed E-state index contributed by atoms with van der Waals surface area (Å²) in [7, 11) is 0.